The lowest BCUT2D eigenvalue weighted by Gasteiger charge is -2.06. The van der Waals surface area contributed by atoms with Gasteiger partial charge in [0, 0.05) is 16.6 Å². The van der Waals surface area contributed by atoms with E-state index < -0.39 is 5.97 Å². The Bertz CT molecular complexity index is 401. The lowest BCUT2D eigenvalue weighted by atomic mass is 10.0. The largest absolute Gasteiger partial charge is 0.481 e. The molecule has 2 rings (SSSR count). The molecule has 1 atom stereocenters. The number of aliphatic carboxylic acids is 1. The average Bonchev–Trinajstić information content (AvgIpc) is 2.58. The summed E-state index contributed by atoms with van der Waals surface area (Å²) in [5.74, 6) is -0.700. The maximum absolute atomic E-state index is 10.5. The number of hydrogen-bond donors (Lipinski definition) is 1. The maximum atomic E-state index is 10.5. The molecular weight excluding hydrogens is 220 g/mol. The topological polar surface area (TPSA) is 37.3 Å². The Morgan fingerprint density at radius 2 is 2.38 bits per heavy atom. The van der Waals surface area contributed by atoms with E-state index >= 15 is 0 Å². The number of thioether (sulfide) groups is 1. The highest BCUT2D eigenvalue weighted by molar-refractivity contribution is 8.00. The zero-order valence-electron chi connectivity index (χ0n) is 9.40. The molecule has 0 saturated heterocycles. The molecule has 0 bridgehead atoms. The van der Waals surface area contributed by atoms with Crippen molar-refractivity contribution in [2.45, 2.75) is 42.8 Å². The Labute approximate surface area is 100 Å². The first-order chi connectivity index (χ1) is 7.66. The third kappa shape index (κ3) is 2.59. The molecule has 1 aromatic rings. The number of carboxylic acid groups (broad SMARTS) is 1. The van der Waals surface area contributed by atoms with Crippen LogP contribution in [-0.4, -0.2) is 16.3 Å². The first kappa shape index (κ1) is 11.5. The first-order valence-corrected chi connectivity index (χ1v) is 6.54. The summed E-state index contributed by atoms with van der Waals surface area (Å²) in [6, 6.07) is 6.41. The van der Waals surface area contributed by atoms with Crippen molar-refractivity contribution >= 4 is 17.7 Å². The number of benzene rings is 1. The van der Waals surface area contributed by atoms with Crippen molar-refractivity contribution in [3.05, 3.63) is 29.3 Å². The molecule has 16 heavy (non-hydrogen) atoms. The van der Waals surface area contributed by atoms with Gasteiger partial charge in [0.05, 0.1) is 0 Å². The van der Waals surface area contributed by atoms with Gasteiger partial charge in [0.15, 0.2) is 0 Å². The minimum atomic E-state index is -0.700. The second kappa shape index (κ2) is 4.91. The van der Waals surface area contributed by atoms with E-state index in [9.17, 15) is 4.79 Å². The van der Waals surface area contributed by atoms with Crippen LogP contribution in [0.5, 0.6) is 0 Å². The van der Waals surface area contributed by atoms with E-state index in [2.05, 4.69) is 25.1 Å². The summed E-state index contributed by atoms with van der Waals surface area (Å²) in [6.45, 7) is 2.24. The Balaban J connectivity index is 2.05. The van der Waals surface area contributed by atoms with Crippen LogP contribution in [-0.2, 0) is 17.6 Å². The lowest BCUT2D eigenvalue weighted by Crippen LogP contribution is -1.97. The Morgan fingerprint density at radius 3 is 3.12 bits per heavy atom. The van der Waals surface area contributed by atoms with Crippen LogP contribution in [0.1, 0.15) is 30.9 Å². The number of rotatable bonds is 4. The summed E-state index contributed by atoms with van der Waals surface area (Å²) in [7, 11) is 0. The van der Waals surface area contributed by atoms with E-state index in [-0.39, 0.29) is 6.42 Å². The molecule has 0 fully saturated rings. The maximum Gasteiger partial charge on any atom is 0.303 e. The third-order valence-electron chi connectivity index (χ3n) is 2.84. The minimum absolute atomic E-state index is 0.268. The second-order valence-corrected chi connectivity index (χ2v) is 5.73. The average molecular weight is 236 g/mol. The molecule has 1 aliphatic heterocycles. The van der Waals surface area contributed by atoms with E-state index in [0.29, 0.717) is 5.25 Å². The van der Waals surface area contributed by atoms with E-state index in [1.54, 1.807) is 0 Å². The van der Waals surface area contributed by atoms with Gasteiger partial charge in [-0.25, -0.2) is 0 Å². The molecular formula is C13H16O2S. The Hall–Kier alpha value is -0.960. The first-order valence-electron chi connectivity index (χ1n) is 5.66. The van der Waals surface area contributed by atoms with E-state index in [4.69, 9.17) is 5.11 Å². The molecule has 0 aromatic heterocycles. The standard InChI is InChI=1S/C13H16O2S/c1-9-8-11-6-2-4-10(13(11)16-9)5-3-7-12(14)15/h2,4,6,9H,3,5,7-8H2,1H3,(H,14,15). The highest BCUT2D eigenvalue weighted by atomic mass is 32.2. The Morgan fingerprint density at radius 1 is 1.56 bits per heavy atom. The molecule has 2 nitrogen and oxygen atoms in total. The van der Waals surface area contributed by atoms with Gasteiger partial charge in [-0.2, -0.15) is 0 Å². The van der Waals surface area contributed by atoms with Gasteiger partial charge in [0.25, 0.3) is 0 Å². The molecule has 0 radical (unpaired) electrons. The predicted molar refractivity (Wildman–Crippen MR) is 66.0 cm³/mol. The van der Waals surface area contributed by atoms with E-state index in [1.807, 2.05) is 11.8 Å². The number of hydrogen-bond acceptors (Lipinski definition) is 2. The molecule has 1 aliphatic rings. The van der Waals surface area contributed by atoms with Crippen molar-refractivity contribution in [1.82, 2.24) is 0 Å². The van der Waals surface area contributed by atoms with Crippen LogP contribution in [0.15, 0.2) is 23.1 Å². The quantitative estimate of drug-likeness (QED) is 0.872. The van der Waals surface area contributed by atoms with Gasteiger partial charge in [0.1, 0.15) is 0 Å². The summed E-state index contributed by atoms with van der Waals surface area (Å²) >= 11 is 1.93. The molecule has 1 heterocycles. The summed E-state index contributed by atoms with van der Waals surface area (Å²) in [5.41, 5.74) is 2.76. The van der Waals surface area contributed by atoms with Gasteiger partial charge >= 0.3 is 5.97 Å². The van der Waals surface area contributed by atoms with Crippen LogP contribution >= 0.6 is 11.8 Å². The van der Waals surface area contributed by atoms with Crippen LogP contribution in [0.25, 0.3) is 0 Å². The number of fused-ring (bicyclic) bond motifs is 1. The lowest BCUT2D eigenvalue weighted by molar-refractivity contribution is -0.137. The van der Waals surface area contributed by atoms with Crippen LogP contribution in [0.3, 0.4) is 0 Å². The number of carboxylic acids is 1. The van der Waals surface area contributed by atoms with Crippen molar-refractivity contribution in [3.8, 4) is 0 Å². The van der Waals surface area contributed by atoms with Crippen molar-refractivity contribution < 1.29 is 9.90 Å². The van der Waals surface area contributed by atoms with Crippen molar-refractivity contribution in [2.24, 2.45) is 0 Å². The van der Waals surface area contributed by atoms with E-state index in [0.717, 1.165) is 19.3 Å². The molecule has 1 N–H and O–H groups in total. The second-order valence-electron chi connectivity index (χ2n) is 4.29. The number of aryl methyl sites for hydroxylation is 1. The van der Waals surface area contributed by atoms with E-state index in [1.165, 1.54) is 16.0 Å². The third-order valence-corrected chi connectivity index (χ3v) is 4.17. The molecule has 1 unspecified atom stereocenters. The monoisotopic (exact) mass is 236 g/mol. The number of carbonyl (C=O) groups is 1. The molecule has 1 aromatic carbocycles. The van der Waals surface area contributed by atoms with Crippen molar-refractivity contribution in [3.63, 3.8) is 0 Å². The molecule has 0 saturated carbocycles. The fourth-order valence-electron chi connectivity index (χ4n) is 2.13. The molecule has 0 aliphatic carbocycles. The molecule has 0 spiro atoms. The molecule has 3 heteroatoms. The molecule has 86 valence electrons. The van der Waals surface area contributed by atoms with Gasteiger partial charge in [-0.15, -0.1) is 11.8 Å². The zero-order chi connectivity index (χ0) is 11.5. The highest BCUT2D eigenvalue weighted by Gasteiger charge is 2.20. The zero-order valence-corrected chi connectivity index (χ0v) is 10.2. The van der Waals surface area contributed by atoms with Gasteiger partial charge in [-0.05, 0) is 30.4 Å². The fraction of sp³-hybridized carbons (Fsp3) is 0.462. The van der Waals surface area contributed by atoms with Gasteiger partial charge in [0.2, 0.25) is 0 Å². The van der Waals surface area contributed by atoms with Crippen molar-refractivity contribution in [2.75, 3.05) is 0 Å². The summed E-state index contributed by atoms with van der Waals surface area (Å²) in [5, 5.41) is 9.28. The van der Waals surface area contributed by atoms with Gasteiger partial charge in [-0.3, -0.25) is 4.79 Å². The van der Waals surface area contributed by atoms with Crippen LogP contribution < -0.4 is 0 Å². The SMILES string of the molecule is CC1Cc2cccc(CCCC(=O)O)c2S1. The Kier molecular flexibility index (Phi) is 3.54. The fourth-order valence-corrected chi connectivity index (χ4v) is 3.42. The summed E-state index contributed by atoms with van der Waals surface area (Å²) < 4.78 is 0. The van der Waals surface area contributed by atoms with Crippen LogP contribution in [0.2, 0.25) is 0 Å². The predicted octanol–water partition coefficient (Wildman–Crippen LogP) is 3.13. The van der Waals surface area contributed by atoms with Gasteiger partial charge in [-0.1, -0.05) is 25.1 Å². The van der Waals surface area contributed by atoms with Gasteiger partial charge < -0.3 is 5.11 Å². The minimum Gasteiger partial charge on any atom is -0.481 e. The molecule has 0 amide bonds. The van der Waals surface area contributed by atoms with Crippen LogP contribution in [0.4, 0.5) is 0 Å². The highest BCUT2D eigenvalue weighted by Crippen LogP contribution is 2.39. The van der Waals surface area contributed by atoms with Crippen molar-refractivity contribution in [1.29, 1.82) is 0 Å². The smallest absolute Gasteiger partial charge is 0.303 e. The normalized spacial score (nSPS) is 18.4. The summed E-state index contributed by atoms with van der Waals surface area (Å²) in [6.07, 6.45) is 3.03. The summed E-state index contributed by atoms with van der Waals surface area (Å²) in [4.78, 5) is 11.9. The van der Waals surface area contributed by atoms with Crippen LogP contribution in [0, 0.1) is 0 Å².